The molecule has 1 rings (SSSR count). The molecule has 1 atom stereocenters. The average molecular weight is 288 g/mol. The summed E-state index contributed by atoms with van der Waals surface area (Å²) in [5, 5.41) is 12.7. The van der Waals surface area contributed by atoms with E-state index in [0.29, 0.717) is 6.61 Å². The Balaban J connectivity index is 2.35. The first-order valence-corrected chi connectivity index (χ1v) is 8.02. The molecule has 0 fully saturated rings. The zero-order chi connectivity index (χ0) is 15.4. The van der Waals surface area contributed by atoms with Gasteiger partial charge in [-0.25, -0.2) is 0 Å². The first-order valence-electron chi connectivity index (χ1n) is 8.02. The van der Waals surface area contributed by atoms with Gasteiger partial charge in [0, 0.05) is 6.61 Å². The van der Waals surface area contributed by atoms with Crippen molar-refractivity contribution in [2.75, 3.05) is 20.3 Å². The SMILES string of the molecule is CCCCCCCCOCC(C#N)(NC)c1ccccc1. The van der Waals surface area contributed by atoms with Crippen molar-refractivity contribution in [2.45, 2.75) is 51.0 Å². The fourth-order valence-corrected chi connectivity index (χ4v) is 2.38. The number of ether oxygens (including phenoxy) is 1. The van der Waals surface area contributed by atoms with Gasteiger partial charge in [0.15, 0.2) is 5.54 Å². The molecule has 0 aliphatic rings. The summed E-state index contributed by atoms with van der Waals surface area (Å²) in [4.78, 5) is 0. The van der Waals surface area contributed by atoms with Crippen LogP contribution in [0.25, 0.3) is 0 Å². The lowest BCUT2D eigenvalue weighted by Crippen LogP contribution is -2.43. The maximum absolute atomic E-state index is 9.54. The third-order valence-corrected chi connectivity index (χ3v) is 3.85. The van der Waals surface area contributed by atoms with E-state index in [9.17, 15) is 5.26 Å². The average Bonchev–Trinajstić information content (AvgIpc) is 2.55. The second-order valence-corrected chi connectivity index (χ2v) is 5.45. The van der Waals surface area contributed by atoms with E-state index in [-0.39, 0.29) is 0 Å². The molecule has 0 saturated carbocycles. The van der Waals surface area contributed by atoms with Crippen LogP contribution in [0, 0.1) is 11.3 Å². The van der Waals surface area contributed by atoms with Gasteiger partial charge in [-0.3, -0.25) is 5.32 Å². The Morgan fingerprint density at radius 2 is 1.76 bits per heavy atom. The quantitative estimate of drug-likeness (QED) is 0.626. The van der Waals surface area contributed by atoms with Crippen LogP contribution in [-0.2, 0) is 10.3 Å². The Morgan fingerprint density at radius 3 is 2.38 bits per heavy atom. The highest BCUT2D eigenvalue weighted by molar-refractivity contribution is 5.31. The van der Waals surface area contributed by atoms with Gasteiger partial charge in [0.05, 0.1) is 12.7 Å². The highest BCUT2D eigenvalue weighted by Crippen LogP contribution is 2.20. The van der Waals surface area contributed by atoms with Crippen molar-refractivity contribution < 1.29 is 4.74 Å². The number of nitrogens with one attached hydrogen (secondary N) is 1. The molecular weight excluding hydrogens is 260 g/mol. The second-order valence-electron chi connectivity index (χ2n) is 5.45. The molecule has 116 valence electrons. The molecule has 1 aromatic carbocycles. The predicted molar refractivity (Wildman–Crippen MR) is 87.0 cm³/mol. The lowest BCUT2D eigenvalue weighted by Gasteiger charge is -2.26. The highest BCUT2D eigenvalue weighted by atomic mass is 16.5. The minimum Gasteiger partial charge on any atom is -0.378 e. The summed E-state index contributed by atoms with van der Waals surface area (Å²) in [5.74, 6) is 0. The van der Waals surface area contributed by atoms with Crippen LogP contribution in [-0.4, -0.2) is 20.3 Å². The topological polar surface area (TPSA) is 45.0 Å². The van der Waals surface area contributed by atoms with Gasteiger partial charge in [-0.1, -0.05) is 69.4 Å². The standard InChI is InChI=1S/C18H28N2O/c1-3-4-5-6-7-11-14-21-16-18(15-19,20-2)17-12-9-8-10-13-17/h8-10,12-13,20H,3-7,11,14,16H2,1-2H3. The van der Waals surface area contributed by atoms with E-state index in [2.05, 4.69) is 18.3 Å². The Kier molecular flexibility index (Phi) is 8.73. The van der Waals surface area contributed by atoms with Gasteiger partial charge in [0.25, 0.3) is 0 Å². The molecule has 1 N–H and O–H groups in total. The van der Waals surface area contributed by atoms with E-state index in [1.165, 1.54) is 32.1 Å². The Labute approximate surface area is 129 Å². The van der Waals surface area contributed by atoms with E-state index < -0.39 is 5.54 Å². The Morgan fingerprint density at radius 1 is 1.10 bits per heavy atom. The molecule has 21 heavy (non-hydrogen) atoms. The highest BCUT2D eigenvalue weighted by Gasteiger charge is 2.30. The van der Waals surface area contributed by atoms with Crippen LogP contribution in [0.5, 0.6) is 0 Å². The Bertz CT molecular complexity index is 413. The first kappa shape index (κ1) is 17.7. The summed E-state index contributed by atoms with van der Waals surface area (Å²) in [6.45, 7) is 3.34. The number of hydrogen-bond acceptors (Lipinski definition) is 3. The molecule has 1 aromatic rings. The molecule has 0 amide bonds. The molecule has 0 aliphatic heterocycles. The van der Waals surface area contributed by atoms with E-state index in [0.717, 1.165) is 18.6 Å². The monoisotopic (exact) mass is 288 g/mol. The van der Waals surface area contributed by atoms with Crippen LogP contribution in [0.4, 0.5) is 0 Å². The lowest BCUT2D eigenvalue weighted by molar-refractivity contribution is 0.0884. The molecule has 3 heteroatoms. The van der Waals surface area contributed by atoms with Gasteiger partial charge in [-0.2, -0.15) is 5.26 Å². The molecule has 0 radical (unpaired) electrons. The number of benzene rings is 1. The smallest absolute Gasteiger partial charge is 0.155 e. The maximum Gasteiger partial charge on any atom is 0.155 e. The van der Waals surface area contributed by atoms with E-state index in [1.807, 2.05) is 37.4 Å². The summed E-state index contributed by atoms with van der Waals surface area (Å²) in [5.41, 5.74) is 0.210. The number of nitriles is 1. The van der Waals surface area contributed by atoms with Crippen molar-refractivity contribution in [3.05, 3.63) is 35.9 Å². The van der Waals surface area contributed by atoms with Gasteiger partial charge in [0.1, 0.15) is 0 Å². The van der Waals surface area contributed by atoms with Crippen LogP contribution < -0.4 is 5.32 Å². The second kappa shape index (κ2) is 10.4. The van der Waals surface area contributed by atoms with E-state index >= 15 is 0 Å². The van der Waals surface area contributed by atoms with Gasteiger partial charge in [-0.15, -0.1) is 0 Å². The summed E-state index contributed by atoms with van der Waals surface area (Å²) in [6.07, 6.45) is 7.49. The third-order valence-electron chi connectivity index (χ3n) is 3.85. The molecule has 0 heterocycles. The molecule has 1 unspecified atom stereocenters. The number of hydrogen-bond donors (Lipinski definition) is 1. The fraction of sp³-hybridized carbons (Fsp3) is 0.611. The van der Waals surface area contributed by atoms with Crippen molar-refractivity contribution >= 4 is 0 Å². The van der Waals surface area contributed by atoms with Crippen molar-refractivity contribution in [3.8, 4) is 6.07 Å². The van der Waals surface area contributed by atoms with Gasteiger partial charge < -0.3 is 4.74 Å². The summed E-state index contributed by atoms with van der Waals surface area (Å²) in [7, 11) is 1.81. The zero-order valence-electron chi connectivity index (χ0n) is 13.4. The third kappa shape index (κ3) is 5.87. The minimum atomic E-state index is -0.747. The molecule has 0 saturated heterocycles. The van der Waals surface area contributed by atoms with E-state index in [1.54, 1.807) is 0 Å². The normalized spacial score (nSPS) is 13.6. The van der Waals surface area contributed by atoms with Crippen molar-refractivity contribution in [1.82, 2.24) is 5.32 Å². The molecule has 3 nitrogen and oxygen atoms in total. The zero-order valence-corrected chi connectivity index (χ0v) is 13.4. The van der Waals surface area contributed by atoms with Crippen LogP contribution >= 0.6 is 0 Å². The lowest BCUT2D eigenvalue weighted by atomic mass is 9.92. The largest absolute Gasteiger partial charge is 0.378 e. The number of unbranched alkanes of at least 4 members (excludes halogenated alkanes) is 5. The summed E-state index contributed by atoms with van der Waals surface area (Å²) in [6, 6.07) is 12.2. The molecular formula is C18H28N2O. The maximum atomic E-state index is 9.54. The van der Waals surface area contributed by atoms with Crippen LogP contribution in [0.1, 0.15) is 51.0 Å². The van der Waals surface area contributed by atoms with Crippen LogP contribution in [0.2, 0.25) is 0 Å². The van der Waals surface area contributed by atoms with Crippen LogP contribution in [0.3, 0.4) is 0 Å². The van der Waals surface area contributed by atoms with Gasteiger partial charge >= 0.3 is 0 Å². The summed E-state index contributed by atoms with van der Waals surface area (Å²) < 4.78 is 5.76. The van der Waals surface area contributed by atoms with Gasteiger partial charge in [-0.05, 0) is 19.0 Å². The van der Waals surface area contributed by atoms with Crippen molar-refractivity contribution in [1.29, 1.82) is 5.26 Å². The molecule has 0 aromatic heterocycles. The van der Waals surface area contributed by atoms with Crippen molar-refractivity contribution in [2.24, 2.45) is 0 Å². The molecule has 0 spiro atoms. The minimum absolute atomic E-state index is 0.388. The van der Waals surface area contributed by atoms with Gasteiger partial charge in [0.2, 0.25) is 0 Å². The summed E-state index contributed by atoms with van der Waals surface area (Å²) >= 11 is 0. The van der Waals surface area contributed by atoms with Crippen LogP contribution in [0.15, 0.2) is 30.3 Å². The predicted octanol–water partition coefficient (Wildman–Crippen LogP) is 4.00. The van der Waals surface area contributed by atoms with Crippen molar-refractivity contribution in [3.63, 3.8) is 0 Å². The fourth-order valence-electron chi connectivity index (χ4n) is 2.38. The number of nitrogens with zero attached hydrogens (tertiary/aromatic N) is 1. The Hall–Kier alpha value is -1.37. The number of rotatable bonds is 11. The molecule has 0 aliphatic carbocycles. The number of likely N-dealkylation sites (N-methyl/N-ethyl adjacent to an activating group) is 1. The van der Waals surface area contributed by atoms with E-state index in [4.69, 9.17) is 4.74 Å². The first-order chi connectivity index (χ1) is 10.3. The molecule has 0 bridgehead atoms.